The quantitative estimate of drug-likeness (QED) is 0.901. The van der Waals surface area contributed by atoms with E-state index in [4.69, 9.17) is 4.42 Å². The number of rotatable bonds is 5. The van der Waals surface area contributed by atoms with E-state index in [-0.39, 0.29) is 11.8 Å². The first-order valence-electron chi connectivity index (χ1n) is 5.89. The van der Waals surface area contributed by atoms with E-state index >= 15 is 0 Å². The number of furan rings is 1. The Balaban J connectivity index is 2.35. The Hall–Kier alpha value is -1.33. The summed E-state index contributed by atoms with van der Waals surface area (Å²) < 4.78 is 28.5. The SMILES string of the molecule is CCNC(CS(C)(=O)=O)c1cc2ccccc2o1. The summed E-state index contributed by atoms with van der Waals surface area (Å²) in [5, 5.41) is 4.13. The molecule has 0 aliphatic heterocycles. The van der Waals surface area contributed by atoms with Crippen molar-refractivity contribution < 1.29 is 12.8 Å². The van der Waals surface area contributed by atoms with Crippen LogP contribution in [0.5, 0.6) is 0 Å². The molecule has 0 aliphatic carbocycles. The molecule has 0 aliphatic rings. The van der Waals surface area contributed by atoms with Crippen LogP contribution in [-0.4, -0.2) is 27.0 Å². The molecule has 0 saturated carbocycles. The number of hydrogen-bond acceptors (Lipinski definition) is 4. The maximum absolute atomic E-state index is 11.4. The van der Waals surface area contributed by atoms with Gasteiger partial charge in [-0.3, -0.25) is 0 Å². The standard InChI is InChI=1S/C13H17NO3S/c1-3-14-11(9-18(2,15)16)13-8-10-6-4-5-7-12(10)17-13/h4-8,11,14H,3,9H2,1-2H3. The third-order valence-electron chi connectivity index (χ3n) is 2.71. The van der Waals surface area contributed by atoms with Crippen molar-refractivity contribution in [2.45, 2.75) is 13.0 Å². The lowest BCUT2D eigenvalue weighted by molar-refractivity contribution is 0.457. The van der Waals surface area contributed by atoms with E-state index in [0.717, 1.165) is 11.0 Å². The van der Waals surface area contributed by atoms with Crippen LogP contribution in [0.2, 0.25) is 0 Å². The first-order valence-corrected chi connectivity index (χ1v) is 7.95. The largest absolute Gasteiger partial charge is 0.459 e. The lowest BCUT2D eigenvalue weighted by Gasteiger charge is -2.13. The summed E-state index contributed by atoms with van der Waals surface area (Å²) in [5.74, 6) is 0.712. The molecule has 1 aromatic carbocycles. The molecule has 1 unspecified atom stereocenters. The van der Waals surface area contributed by atoms with E-state index in [1.54, 1.807) is 0 Å². The Morgan fingerprint density at radius 2 is 2.06 bits per heavy atom. The number of benzene rings is 1. The average molecular weight is 267 g/mol. The fraction of sp³-hybridized carbons (Fsp3) is 0.385. The lowest BCUT2D eigenvalue weighted by atomic mass is 10.2. The predicted molar refractivity (Wildman–Crippen MR) is 72.3 cm³/mol. The molecule has 1 N–H and O–H groups in total. The van der Waals surface area contributed by atoms with Crippen LogP contribution in [0.4, 0.5) is 0 Å². The van der Waals surface area contributed by atoms with Crippen molar-refractivity contribution in [1.29, 1.82) is 0 Å². The molecular formula is C13H17NO3S. The topological polar surface area (TPSA) is 59.3 Å². The maximum atomic E-state index is 11.4. The minimum Gasteiger partial charge on any atom is -0.459 e. The zero-order valence-electron chi connectivity index (χ0n) is 10.5. The van der Waals surface area contributed by atoms with Crippen molar-refractivity contribution in [2.75, 3.05) is 18.6 Å². The molecule has 0 amide bonds. The molecule has 0 bridgehead atoms. The van der Waals surface area contributed by atoms with Crippen molar-refractivity contribution in [2.24, 2.45) is 0 Å². The van der Waals surface area contributed by atoms with Gasteiger partial charge in [0.2, 0.25) is 0 Å². The van der Waals surface area contributed by atoms with Crippen LogP contribution in [0, 0.1) is 0 Å². The Kier molecular flexibility index (Phi) is 3.73. The van der Waals surface area contributed by atoms with Gasteiger partial charge in [0, 0.05) is 11.6 Å². The zero-order valence-corrected chi connectivity index (χ0v) is 11.3. The number of sulfone groups is 1. The second-order valence-electron chi connectivity index (χ2n) is 4.39. The zero-order chi connectivity index (χ0) is 13.2. The molecule has 0 fully saturated rings. The molecule has 1 heterocycles. The summed E-state index contributed by atoms with van der Waals surface area (Å²) >= 11 is 0. The Labute approximate surface area is 107 Å². The second-order valence-corrected chi connectivity index (χ2v) is 6.57. The highest BCUT2D eigenvalue weighted by Crippen LogP contribution is 2.24. The molecule has 18 heavy (non-hydrogen) atoms. The summed E-state index contributed by atoms with van der Waals surface area (Å²) in [7, 11) is -3.05. The van der Waals surface area contributed by atoms with Gasteiger partial charge in [-0.05, 0) is 18.7 Å². The number of para-hydroxylation sites is 1. The average Bonchev–Trinajstić information content (AvgIpc) is 2.70. The highest BCUT2D eigenvalue weighted by molar-refractivity contribution is 7.90. The predicted octanol–water partition coefficient (Wildman–Crippen LogP) is 2.13. The first kappa shape index (κ1) is 13.1. The second kappa shape index (κ2) is 5.12. The smallest absolute Gasteiger partial charge is 0.149 e. The van der Waals surface area contributed by atoms with Crippen molar-refractivity contribution in [3.63, 3.8) is 0 Å². The third-order valence-corrected chi connectivity index (χ3v) is 3.65. The summed E-state index contributed by atoms with van der Waals surface area (Å²) in [6, 6.07) is 9.26. The summed E-state index contributed by atoms with van der Waals surface area (Å²) in [4.78, 5) is 0. The van der Waals surface area contributed by atoms with Crippen LogP contribution < -0.4 is 5.32 Å². The van der Waals surface area contributed by atoms with Crippen LogP contribution in [0.1, 0.15) is 18.7 Å². The van der Waals surface area contributed by atoms with Crippen LogP contribution in [0.15, 0.2) is 34.7 Å². The van der Waals surface area contributed by atoms with Crippen LogP contribution in [-0.2, 0) is 9.84 Å². The van der Waals surface area contributed by atoms with Gasteiger partial charge in [0.15, 0.2) is 0 Å². The van der Waals surface area contributed by atoms with Gasteiger partial charge in [-0.15, -0.1) is 0 Å². The first-order chi connectivity index (χ1) is 8.49. The highest BCUT2D eigenvalue weighted by Gasteiger charge is 2.20. The van der Waals surface area contributed by atoms with E-state index in [9.17, 15) is 8.42 Å². The van der Waals surface area contributed by atoms with Gasteiger partial charge in [-0.1, -0.05) is 25.1 Å². The summed E-state index contributed by atoms with van der Waals surface area (Å²) in [6.07, 6.45) is 1.24. The summed E-state index contributed by atoms with van der Waals surface area (Å²) in [6.45, 7) is 2.63. The van der Waals surface area contributed by atoms with Gasteiger partial charge in [0.1, 0.15) is 21.2 Å². The van der Waals surface area contributed by atoms with Gasteiger partial charge < -0.3 is 9.73 Å². The van der Waals surface area contributed by atoms with E-state index in [0.29, 0.717) is 12.3 Å². The summed E-state index contributed by atoms with van der Waals surface area (Å²) in [5.41, 5.74) is 0.781. The van der Waals surface area contributed by atoms with Crippen molar-refractivity contribution in [1.82, 2.24) is 5.32 Å². The van der Waals surface area contributed by atoms with Crippen molar-refractivity contribution in [3.8, 4) is 0 Å². The van der Waals surface area contributed by atoms with E-state index in [1.165, 1.54) is 6.26 Å². The molecule has 2 rings (SSSR count). The Morgan fingerprint density at radius 3 is 2.67 bits per heavy atom. The molecule has 2 aromatic rings. The molecule has 0 spiro atoms. The van der Waals surface area contributed by atoms with E-state index in [1.807, 2.05) is 37.3 Å². The molecule has 1 aromatic heterocycles. The molecular weight excluding hydrogens is 250 g/mol. The molecule has 1 atom stereocenters. The third kappa shape index (κ3) is 3.11. The maximum Gasteiger partial charge on any atom is 0.149 e. The Morgan fingerprint density at radius 1 is 1.33 bits per heavy atom. The van der Waals surface area contributed by atoms with Crippen LogP contribution >= 0.6 is 0 Å². The minimum atomic E-state index is -3.05. The highest BCUT2D eigenvalue weighted by atomic mass is 32.2. The normalized spacial score (nSPS) is 13.9. The molecule has 4 nitrogen and oxygen atoms in total. The molecule has 0 saturated heterocycles. The molecule has 0 radical (unpaired) electrons. The van der Waals surface area contributed by atoms with Crippen LogP contribution in [0.3, 0.4) is 0 Å². The van der Waals surface area contributed by atoms with Gasteiger partial charge in [-0.25, -0.2) is 8.42 Å². The van der Waals surface area contributed by atoms with Crippen molar-refractivity contribution >= 4 is 20.8 Å². The van der Waals surface area contributed by atoms with E-state index < -0.39 is 9.84 Å². The monoisotopic (exact) mass is 267 g/mol. The minimum absolute atomic E-state index is 0.0423. The van der Waals surface area contributed by atoms with Gasteiger partial charge in [-0.2, -0.15) is 0 Å². The molecule has 5 heteroatoms. The van der Waals surface area contributed by atoms with Gasteiger partial charge >= 0.3 is 0 Å². The van der Waals surface area contributed by atoms with Crippen molar-refractivity contribution in [3.05, 3.63) is 36.1 Å². The van der Waals surface area contributed by atoms with E-state index in [2.05, 4.69) is 5.32 Å². The lowest BCUT2D eigenvalue weighted by Crippen LogP contribution is -2.27. The fourth-order valence-electron chi connectivity index (χ4n) is 1.96. The number of fused-ring (bicyclic) bond motifs is 1. The van der Waals surface area contributed by atoms with Gasteiger partial charge in [0.05, 0.1) is 11.8 Å². The number of nitrogens with one attached hydrogen (secondary N) is 1. The Bertz CT molecular complexity index is 597. The van der Waals surface area contributed by atoms with Crippen LogP contribution in [0.25, 0.3) is 11.0 Å². The fourth-order valence-corrected chi connectivity index (χ4v) is 2.85. The van der Waals surface area contributed by atoms with Gasteiger partial charge in [0.25, 0.3) is 0 Å². The number of hydrogen-bond donors (Lipinski definition) is 1. The molecule has 98 valence electrons.